The van der Waals surface area contributed by atoms with Crippen LogP contribution in [-0.2, 0) is 4.74 Å². The second-order valence-corrected chi connectivity index (χ2v) is 7.65. The molecule has 2 fully saturated rings. The van der Waals surface area contributed by atoms with Crippen molar-refractivity contribution in [1.29, 1.82) is 0 Å². The average molecular weight is 501 g/mol. The van der Waals surface area contributed by atoms with Crippen LogP contribution in [0.5, 0.6) is 0 Å². The van der Waals surface area contributed by atoms with E-state index in [0.717, 1.165) is 71.4 Å². The fourth-order valence-electron chi connectivity index (χ4n) is 3.79. The number of hydrogen-bond acceptors (Lipinski definition) is 4. The van der Waals surface area contributed by atoms with Crippen LogP contribution in [0.4, 0.5) is 5.69 Å². The van der Waals surface area contributed by atoms with Crippen LogP contribution in [-0.4, -0.2) is 75.9 Å². The van der Waals surface area contributed by atoms with Crippen molar-refractivity contribution in [3.8, 4) is 0 Å². The van der Waals surface area contributed by atoms with E-state index in [0.29, 0.717) is 12.0 Å². The van der Waals surface area contributed by atoms with Crippen LogP contribution in [0.25, 0.3) is 0 Å². The maximum atomic E-state index is 5.43. The molecule has 0 radical (unpaired) electrons. The van der Waals surface area contributed by atoms with Crippen molar-refractivity contribution >= 4 is 35.6 Å². The lowest BCUT2D eigenvalue weighted by molar-refractivity contribution is 0.0323. The van der Waals surface area contributed by atoms with Gasteiger partial charge in [-0.2, -0.15) is 0 Å². The van der Waals surface area contributed by atoms with Crippen LogP contribution in [0.2, 0.25) is 0 Å². The standard InChI is InChI=1S/C21H35N5O.HI/c1-3-22-21(23-15-18(2)16-25-11-13-27-14-12-25)24-19-9-10-26(17-19)20-7-5-4-6-8-20;/h4-8,18-19H,3,9-17H2,1-2H3,(H2,22,23,24);1H. The smallest absolute Gasteiger partial charge is 0.191 e. The molecule has 2 aliphatic rings. The predicted molar refractivity (Wildman–Crippen MR) is 128 cm³/mol. The maximum absolute atomic E-state index is 5.43. The van der Waals surface area contributed by atoms with Gasteiger partial charge in [0.05, 0.1) is 13.2 Å². The zero-order valence-electron chi connectivity index (χ0n) is 17.3. The van der Waals surface area contributed by atoms with Gasteiger partial charge in [-0.1, -0.05) is 25.1 Å². The Morgan fingerprint density at radius 2 is 1.96 bits per heavy atom. The van der Waals surface area contributed by atoms with Gasteiger partial charge in [0, 0.05) is 57.5 Å². The third kappa shape index (κ3) is 7.40. The molecular weight excluding hydrogens is 465 g/mol. The summed E-state index contributed by atoms with van der Waals surface area (Å²) in [5, 5.41) is 7.05. The first kappa shape index (κ1) is 23.2. The Bertz CT molecular complexity index is 579. The number of morpholine rings is 1. The molecule has 3 rings (SSSR count). The summed E-state index contributed by atoms with van der Waals surface area (Å²) in [6.07, 6.45) is 1.14. The lowest BCUT2D eigenvalue weighted by atomic mass is 10.1. The first-order valence-electron chi connectivity index (χ1n) is 10.4. The first-order chi connectivity index (χ1) is 13.2. The number of ether oxygens (including phenoxy) is 1. The molecule has 1 aromatic carbocycles. The summed E-state index contributed by atoms with van der Waals surface area (Å²) in [5.41, 5.74) is 1.31. The van der Waals surface area contributed by atoms with E-state index in [1.165, 1.54) is 5.69 Å². The molecule has 2 saturated heterocycles. The third-order valence-corrected chi connectivity index (χ3v) is 5.23. The Kier molecular flexibility index (Phi) is 10.4. The molecule has 2 N–H and O–H groups in total. The molecule has 28 heavy (non-hydrogen) atoms. The van der Waals surface area contributed by atoms with Gasteiger partial charge in [0.1, 0.15) is 0 Å². The molecule has 0 spiro atoms. The molecule has 2 unspecified atom stereocenters. The minimum atomic E-state index is 0. The Balaban J connectivity index is 0.00000280. The highest BCUT2D eigenvalue weighted by molar-refractivity contribution is 14.0. The zero-order valence-corrected chi connectivity index (χ0v) is 19.6. The minimum Gasteiger partial charge on any atom is -0.379 e. The monoisotopic (exact) mass is 501 g/mol. The second kappa shape index (κ2) is 12.5. The van der Waals surface area contributed by atoms with E-state index in [9.17, 15) is 0 Å². The molecule has 2 aliphatic heterocycles. The van der Waals surface area contributed by atoms with Crippen molar-refractivity contribution in [1.82, 2.24) is 15.5 Å². The number of aliphatic imine (C=N–C) groups is 1. The van der Waals surface area contributed by atoms with Gasteiger partial charge in [0.2, 0.25) is 0 Å². The summed E-state index contributed by atoms with van der Waals surface area (Å²) in [5.74, 6) is 1.49. The average Bonchev–Trinajstić information content (AvgIpc) is 3.16. The summed E-state index contributed by atoms with van der Waals surface area (Å²) in [4.78, 5) is 9.79. The molecule has 6 nitrogen and oxygen atoms in total. The summed E-state index contributed by atoms with van der Waals surface area (Å²) in [6, 6.07) is 11.1. The molecule has 0 amide bonds. The maximum Gasteiger partial charge on any atom is 0.191 e. The molecule has 0 saturated carbocycles. The van der Waals surface area contributed by atoms with Crippen LogP contribution in [0, 0.1) is 5.92 Å². The third-order valence-electron chi connectivity index (χ3n) is 5.23. The fraction of sp³-hybridized carbons (Fsp3) is 0.667. The van der Waals surface area contributed by atoms with Crippen molar-refractivity contribution in [2.24, 2.45) is 10.9 Å². The number of anilines is 1. The quantitative estimate of drug-likeness (QED) is 0.342. The predicted octanol–water partition coefficient (Wildman–Crippen LogP) is 2.41. The summed E-state index contributed by atoms with van der Waals surface area (Å²) >= 11 is 0. The van der Waals surface area contributed by atoms with Crippen LogP contribution < -0.4 is 15.5 Å². The van der Waals surface area contributed by atoms with E-state index in [-0.39, 0.29) is 24.0 Å². The van der Waals surface area contributed by atoms with Crippen molar-refractivity contribution in [3.63, 3.8) is 0 Å². The largest absolute Gasteiger partial charge is 0.379 e. The van der Waals surface area contributed by atoms with Crippen LogP contribution in [0.3, 0.4) is 0 Å². The number of guanidine groups is 1. The Labute approximate surface area is 187 Å². The topological polar surface area (TPSA) is 52.1 Å². The SMILES string of the molecule is CCNC(=NCC(C)CN1CCOCC1)NC1CCN(c2ccccc2)C1.I. The van der Waals surface area contributed by atoms with E-state index in [1.807, 2.05) is 0 Å². The van der Waals surface area contributed by atoms with Gasteiger partial charge < -0.3 is 20.3 Å². The summed E-state index contributed by atoms with van der Waals surface area (Å²) in [7, 11) is 0. The fourth-order valence-corrected chi connectivity index (χ4v) is 3.79. The van der Waals surface area contributed by atoms with Gasteiger partial charge >= 0.3 is 0 Å². The van der Waals surface area contributed by atoms with Gasteiger partial charge in [-0.25, -0.2) is 0 Å². The van der Waals surface area contributed by atoms with Gasteiger partial charge in [0.15, 0.2) is 5.96 Å². The minimum absolute atomic E-state index is 0. The number of benzene rings is 1. The van der Waals surface area contributed by atoms with E-state index >= 15 is 0 Å². The first-order valence-corrected chi connectivity index (χ1v) is 10.4. The summed E-state index contributed by atoms with van der Waals surface area (Å²) in [6.45, 7) is 13.2. The van der Waals surface area contributed by atoms with Crippen molar-refractivity contribution in [2.75, 3.05) is 63.9 Å². The van der Waals surface area contributed by atoms with E-state index < -0.39 is 0 Å². The molecule has 2 heterocycles. The normalized spacial score (nSPS) is 21.9. The van der Waals surface area contributed by atoms with Crippen molar-refractivity contribution in [3.05, 3.63) is 30.3 Å². The molecule has 0 aliphatic carbocycles. The molecule has 1 aromatic rings. The number of hydrogen-bond donors (Lipinski definition) is 2. The van der Waals surface area contributed by atoms with E-state index in [2.05, 4.69) is 64.6 Å². The molecule has 2 atom stereocenters. The van der Waals surface area contributed by atoms with E-state index in [4.69, 9.17) is 9.73 Å². The highest BCUT2D eigenvalue weighted by atomic mass is 127. The highest BCUT2D eigenvalue weighted by Crippen LogP contribution is 2.19. The zero-order chi connectivity index (χ0) is 18.9. The number of nitrogens with one attached hydrogen (secondary N) is 2. The van der Waals surface area contributed by atoms with Crippen LogP contribution >= 0.6 is 24.0 Å². The summed E-state index contributed by atoms with van der Waals surface area (Å²) < 4.78 is 5.43. The molecular formula is C21H36IN5O. The van der Waals surface area contributed by atoms with Gasteiger partial charge in [-0.3, -0.25) is 9.89 Å². The molecule has 158 valence electrons. The number of halogens is 1. The molecule has 0 aromatic heterocycles. The van der Waals surface area contributed by atoms with Crippen LogP contribution in [0.15, 0.2) is 35.3 Å². The Morgan fingerprint density at radius 1 is 1.21 bits per heavy atom. The number of nitrogens with zero attached hydrogens (tertiary/aromatic N) is 3. The number of para-hydroxylation sites is 1. The van der Waals surface area contributed by atoms with E-state index in [1.54, 1.807) is 0 Å². The highest BCUT2D eigenvalue weighted by Gasteiger charge is 2.23. The van der Waals surface area contributed by atoms with Crippen molar-refractivity contribution < 1.29 is 4.74 Å². The molecule has 7 heteroatoms. The van der Waals surface area contributed by atoms with Crippen LogP contribution in [0.1, 0.15) is 20.3 Å². The lowest BCUT2D eigenvalue weighted by Gasteiger charge is -2.28. The van der Waals surface area contributed by atoms with Gasteiger partial charge in [-0.15, -0.1) is 24.0 Å². The van der Waals surface area contributed by atoms with Crippen molar-refractivity contribution in [2.45, 2.75) is 26.3 Å². The van der Waals surface area contributed by atoms with Gasteiger partial charge in [0.25, 0.3) is 0 Å². The number of rotatable bonds is 7. The van der Waals surface area contributed by atoms with Gasteiger partial charge in [-0.05, 0) is 31.4 Å². The Hall–Kier alpha value is -1.06. The Morgan fingerprint density at radius 3 is 2.68 bits per heavy atom. The lowest BCUT2D eigenvalue weighted by Crippen LogP contribution is -2.45. The second-order valence-electron chi connectivity index (χ2n) is 7.65. The molecule has 0 bridgehead atoms.